The van der Waals surface area contributed by atoms with Crippen molar-refractivity contribution >= 4 is 35.2 Å². The maximum atomic E-state index is 12.7. The molecule has 2 amide bonds. The Morgan fingerprint density at radius 3 is 2.15 bits per heavy atom. The Hall–Kier alpha value is -1.66. The SMILES string of the molecule is CC(C)(C)OC(=O)N1CC2CN(C(=O)c3cc(Cl)cc(Cl)c3O)CC2C1. The van der Waals surface area contributed by atoms with Gasteiger partial charge in [0.15, 0.2) is 0 Å². The Balaban J connectivity index is 1.65. The summed E-state index contributed by atoms with van der Waals surface area (Å²) >= 11 is 11.9. The Morgan fingerprint density at radius 1 is 1.08 bits per heavy atom. The standard InChI is InChI=1S/C18H22Cl2N2O4/c1-18(2,3)26-17(25)22-8-10-6-21(7-11(10)9-22)16(24)13-4-12(19)5-14(20)15(13)23/h4-5,10-11,23H,6-9H2,1-3H3. The molecule has 1 aromatic rings. The van der Waals surface area contributed by atoms with Crippen molar-refractivity contribution in [3.63, 3.8) is 0 Å². The predicted octanol–water partition coefficient (Wildman–Crippen LogP) is 3.64. The zero-order valence-corrected chi connectivity index (χ0v) is 16.5. The summed E-state index contributed by atoms with van der Waals surface area (Å²) in [7, 11) is 0. The molecule has 2 saturated heterocycles. The van der Waals surface area contributed by atoms with Crippen molar-refractivity contribution in [3.8, 4) is 5.75 Å². The van der Waals surface area contributed by atoms with E-state index < -0.39 is 5.60 Å². The lowest BCUT2D eigenvalue weighted by Gasteiger charge is -2.26. The average Bonchev–Trinajstić information content (AvgIpc) is 3.07. The number of hydrogen-bond donors (Lipinski definition) is 1. The number of likely N-dealkylation sites (tertiary alicyclic amines) is 2. The second-order valence-electron chi connectivity index (χ2n) is 7.90. The maximum absolute atomic E-state index is 12.7. The van der Waals surface area contributed by atoms with Crippen molar-refractivity contribution < 1.29 is 19.4 Å². The van der Waals surface area contributed by atoms with Gasteiger partial charge in [0, 0.05) is 43.0 Å². The second-order valence-corrected chi connectivity index (χ2v) is 8.74. The Labute approximate surface area is 162 Å². The summed E-state index contributed by atoms with van der Waals surface area (Å²) in [6, 6.07) is 2.82. The van der Waals surface area contributed by atoms with Gasteiger partial charge in [0.1, 0.15) is 11.4 Å². The van der Waals surface area contributed by atoms with Crippen LogP contribution < -0.4 is 0 Å². The molecule has 1 N–H and O–H groups in total. The van der Waals surface area contributed by atoms with Crippen LogP contribution in [0, 0.1) is 11.8 Å². The molecule has 0 aromatic heterocycles. The van der Waals surface area contributed by atoms with Gasteiger partial charge in [-0.05, 0) is 32.9 Å². The van der Waals surface area contributed by atoms with Gasteiger partial charge in [0.05, 0.1) is 10.6 Å². The van der Waals surface area contributed by atoms with Crippen LogP contribution in [-0.4, -0.2) is 58.7 Å². The second kappa shape index (κ2) is 6.82. The van der Waals surface area contributed by atoms with Gasteiger partial charge < -0.3 is 19.6 Å². The third-order valence-corrected chi connectivity index (χ3v) is 5.19. The number of carbonyl (C=O) groups excluding carboxylic acids is 2. The number of halogens is 2. The monoisotopic (exact) mass is 400 g/mol. The molecule has 6 nitrogen and oxygen atoms in total. The zero-order valence-electron chi connectivity index (χ0n) is 15.0. The fourth-order valence-corrected chi connectivity index (χ4v) is 4.03. The van der Waals surface area contributed by atoms with Gasteiger partial charge in [-0.2, -0.15) is 0 Å². The molecule has 0 spiro atoms. The molecule has 26 heavy (non-hydrogen) atoms. The predicted molar refractivity (Wildman–Crippen MR) is 98.8 cm³/mol. The smallest absolute Gasteiger partial charge is 0.410 e. The summed E-state index contributed by atoms with van der Waals surface area (Å²) < 4.78 is 5.42. The maximum Gasteiger partial charge on any atom is 0.410 e. The van der Waals surface area contributed by atoms with E-state index >= 15 is 0 Å². The van der Waals surface area contributed by atoms with E-state index in [0.717, 1.165) is 0 Å². The number of fused-ring (bicyclic) bond motifs is 1. The molecule has 0 aliphatic carbocycles. The Kier molecular flexibility index (Phi) is 5.01. The summed E-state index contributed by atoms with van der Waals surface area (Å²) in [5.74, 6) is -0.162. The third-order valence-electron chi connectivity index (χ3n) is 4.68. The number of carbonyl (C=O) groups is 2. The average molecular weight is 401 g/mol. The van der Waals surface area contributed by atoms with Crippen LogP contribution >= 0.6 is 23.2 Å². The lowest BCUT2D eigenvalue weighted by Crippen LogP contribution is -2.38. The topological polar surface area (TPSA) is 70.1 Å². The molecule has 8 heteroatoms. The van der Waals surface area contributed by atoms with Crippen molar-refractivity contribution in [2.45, 2.75) is 26.4 Å². The van der Waals surface area contributed by atoms with Crippen LogP contribution in [0.1, 0.15) is 31.1 Å². The van der Waals surface area contributed by atoms with Crippen LogP contribution in [0.3, 0.4) is 0 Å². The molecule has 2 aliphatic heterocycles. The van der Waals surface area contributed by atoms with Crippen LogP contribution in [-0.2, 0) is 4.74 Å². The van der Waals surface area contributed by atoms with E-state index in [1.165, 1.54) is 12.1 Å². The number of ether oxygens (including phenoxy) is 1. The van der Waals surface area contributed by atoms with E-state index in [-0.39, 0.29) is 40.2 Å². The number of aromatic hydroxyl groups is 1. The largest absolute Gasteiger partial charge is 0.506 e. The van der Waals surface area contributed by atoms with Gasteiger partial charge in [-0.1, -0.05) is 23.2 Å². The first-order chi connectivity index (χ1) is 12.0. The molecule has 142 valence electrons. The van der Waals surface area contributed by atoms with Crippen LogP contribution in [0.5, 0.6) is 5.75 Å². The highest BCUT2D eigenvalue weighted by Gasteiger charge is 2.44. The lowest BCUT2D eigenvalue weighted by atomic mass is 10.0. The molecule has 0 bridgehead atoms. The van der Waals surface area contributed by atoms with Crippen molar-refractivity contribution in [2.24, 2.45) is 11.8 Å². The highest BCUT2D eigenvalue weighted by molar-refractivity contribution is 6.36. The molecule has 2 unspecified atom stereocenters. The minimum Gasteiger partial charge on any atom is -0.506 e. The minimum atomic E-state index is -0.528. The number of amides is 2. The summed E-state index contributed by atoms with van der Waals surface area (Å²) in [5, 5.41) is 10.4. The van der Waals surface area contributed by atoms with Gasteiger partial charge in [-0.15, -0.1) is 0 Å². The van der Waals surface area contributed by atoms with Gasteiger partial charge in [-0.3, -0.25) is 4.79 Å². The van der Waals surface area contributed by atoms with E-state index in [9.17, 15) is 14.7 Å². The van der Waals surface area contributed by atoms with E-state index in [4.69, 9.17) is 27.9 Å². The van der Waals surface area contributed by atoms with Crippen LogP contribution in [0.25, 0.3) is 0 Å². The Bertz CT molecular complexity index is 733. The van der Waals surface area contributed by atoms with Crippen molar-refractivity contribution in [1.82, 2.24) is 9.80 Å². The number of benzene rings is 1. The first-order valence-corrected chi connectivity index (χ1v) is 9.26. The van der Waals surface area contributed by atoms with Gasteiger partial charge in [0.25, 0.3) is 5.91 Å². The van der Waals surface area contributed by atoms with E-state index in [0.29, 0.717) is 31.2 Å². The zero-order chi connectivity index (χ0) is 19.2. The third kappa shape index (κ3) is 3.86. The van der Waals surface area contributed by atoms with E-state index in [1.54, 1.807) is 9.80 Å². The summed E-state index contributed by atoms with van der Waals surface area (Å²) in [6.07, 6.45) is -0.316. The van der Waals surface area contributed by atoms with Gasteiger partial charge >= 0.3 is 6.09 Å². The van der Waals surface area contributed by atoms with Crippen molar-refractivity contribution in [2.75, 3.05) is 26.2 Å². The van der Waals surface area contributed by atoms with Crippen LogP contribution in [0.4, 0.5) is 4.79 Å². The molecule has 0 saturated carbocycles. The van der Waals surface area contributed by atoms with E-state index in [2.05, 4.69) is 0 Å². The number of nitrogens with zero attached hydrogens (tertiary/aromatic N) is 2. The molecule has 2 fully saturated rings. The lowest BCUT2D eigenvalue weighted by molar-refractivity contribution is 0.0275. The molecule has 3 rings (SSSR count). The summed E-state index contributed by atoms with van der Waals surface area (Å²) in [5.41, 5.74) is -0.424. The van der Waals surface area contributed by atoms with Crippen LogP contribution in [0.2, 0.25) is 10.0 Å². The van der Waals surface area contributed by atoms with Crippen LogP contribution in [0.15, 0.2) is 12.1 Å². The van der Waals surface area contributed by atoms with Gasteiger partial charge in [0.2, 0.25) is 0 Å². The number of phenolic OH excluding ortho intramolecular Hbond substituents is 1. The quantitative estimate of drug-likeness (QED) is 0.780. The number of phenols is 1. The summed E-state index contributed by atoms with van der Waals surface area (Å²) in [4.78, 5) is 28.3. The van der Waals surface area contributed by atoms with Crippen molar-refractivity contribution in [1.29, 1.82) is 0 Å². The molecule has 2 aliphatic rings. The minimum absolute atomic E-state index is 0.0522. The molecule has 2 atom stereocenters. The molecule has 0 radical (unpaired) electrons. The fraction of sp³-hybridized carbons (Fsp3) is 0.556. The molecule has 2 heterocycles. The molecular formula is C18H22Cl2N2O4. The Morgan fingerprint density at radius 2 is 1.62 bits per heavy atom. The highest BCUT2D eigenvalue weighted by Crippen LogP contribution is 2.36. The molecule has 1 aromatic carbocycles. The molecular weight excluding hydrogens is 379 g/mol. The number of hydrogen-bond acceptors (Lipinski definition) is 4. The number of rotatable bonds is 1. The fourth-order valence-electron chi connectivity index (χ4n) is 3.53. The van der Waals surface area contributed by atoms with Crippen molar-refractivity contribution in [3.05, 3.63) is 27.7 Å². The van der Waals surface area contributed by atoms with E-state index in [1.807, 2.05) is 20.8 Å². The first-order valence-electron chi connectivity index (χ1n) is 8.50. The van der Waals surface area contributed by atoms with Gasteiger partial charge in [-0.25, -0.2) is 4.79 Å². The highest BCUT2D eigenvalue weighted by atomic mass is 35.5. The first kappa shape index (κ1) is 19.1. The normalized spacial score (nSPS) is 22.5. The summed E-state index contributed by atoms with van der Waals surface area (Å²) in [6.45, 7) is 7.68.